The normalized spacial score (nSPS) is 16.9. The van der Waals surface area contributed by atoms with E-state index in [1.54, 1.807) is 7.11 Å². The predicted molar refractivity (Wildman–Crippen MR) is 185 cm³/mol. The number of alkyl halides is 6. The molecule has 4 heterocycles. The van der Waals surface area contributed by atoms with E-state index in [2.05, 4.69) is 34.7 Å². The molecule has 0 unspecified atom stereocenters. The molecule has 54 heavy (non-hydrogen) atoms. The van der Waals surface area contributed by atoms with Crippen molar-refractivity contribution in [3.05, 3.63) is 60.2 Å². The molecule has 0 spiro atoms. The van der Waals surface area contributed by atoms with Crippen LogP contribution in [0, 0.1) is 0 Å². The Morgan fingerprint density at radius 1 is 0.759 bits per heavy atom. The molecule has 0 aliphatic carbocycles. The topological polar surface area (TPSA) is 111 Å². The number of hydrazine groups is 1. The second-order valence-electron chi connectivity index (χ2n) is 13.0. The number of hydrogen-bond acceptors (Lipinski definition) is 12. The van der Waals surface area contributed by atoms with Crippen LogP contribution in [0.4, 0.5) is 38.4 Å². The van der Waals surface area contributed by atoms with Crippen LogP contribution in [0.3, 0.4) is 0 Å². The summed E-state index contributed by atoms with van der Waals surface area (Å²) in [5, 5.41) is 1.91. The lowest BCUT2D eigenvalue weighted by Gasteiger charge is -2.44. The van der Waals surface area contributed by atoms with Crippen LogP contribution < -0.4 is 29.3 Å². The second kappa shape index (κ2) is 15.3. The van der Waals surface area contributed by atoms with Crippen LogP contribution in [0.1, 0.15) is 38.2 Å². The van der Waals surface area contributed by atoms with Crippen LogP contribution >= 0.6 is 0 Å². The van der Waals surface area contributed by atoms with Gasteiger partial charge in [-0.1, -0.05) is 6.07 Å². The molecular weight excluding hydrogens is 726 g/mol. The third kappa shape index (κ3) is 8.98. The molecule has 7 rings (SSSR count). The smallest absolute Gasteiger partial charge is 0.493 e. The zero-order valence-corrected chi connectivity index (χ0v) is 29.4. The van der Waals surface area contributed by atoms with Gasteiger partial charge in [-0.15, -0.1) is 26.3 Å². The Kier molecular flexibility index (Phi) is 10.6. The molecule has 0 saturated carbocycles. The van der Waals surface area contributed by atoms with Crippen molar-refractivity contribution >= 4 is 34.2 Å². The van der Waals surface area contributed by atoms with Gasteiger partial charge in [-0.25, -0.2) is 5.01 Å². The number of benzene rings is 3. The third-order valence-corrected chi connectivity index (χ3v) is 9.39. The molecule has 1 N–H and O–H groups in total. The first-order valence-electron chi connectivity index (χ1n) is 17.5. The number of halogens is 6. The highest BCUT2D eigenvalue weighted by Gasteiger charge is 2.36. The summed E-state index contributed by atoms with van der Waals surface area (Å²) >= 11 is 0. The number of rotatable bonds is 12. The highest BCUT2D eigenvalue weighted by Crippen LogP contribution is 2.36. The van der Waals surface area contributed by atoms with Crippen LogP contribution in [0.25, 0.3) is 22.2 Å². The molecule has 0 radical (unpaired) electrons. The first-order chi connectivity index (χ1) is 25.8. The molecule has 290 valence electrons. The molecule has 2 aromatic heterocycles. The van der Waals surface area contributed by atoms with Crippen LogP contribution in [-0.2, 0) is 6.54 Å². The van der Waals surface area contributed by atoms with E-state index in [4.69, 9.17) is 18.3 Å². The predicted octanol–water partition coefficient (Wildman–Crippen LogP) is 8.14. The van der Waals surface area contributed by atoms with Crippen molar-refractivity contribution in [1.82, 2.24) is 19.9 Å². The highest BCUT2D eigenvalue weighted by molar-refractivity contribution is 5.77. The van der Waals surface area contributed by atoms with Crippen molar-refractivity contribution < 1.29 is 54.1 Å². The number of oxazole rings is 2. The first-order valence-corrected chi connectivity index (χ1v) is 17.5. The number of fused-ring (bicyclic) bond motifs is 2. The quantitative estimate of drug-likeness (QED) is 0.124. The molecule has 3 aromatic carbocycles. The largest absolute Gasteiger partial charge is 0.573 e. The van der Waals surface area contributed by atoms with Gasteiger partial charge in [0, 0.05) is 56.9 Å². The summed E-state index contributed by atoms with van der Waals surface area (Å²) in [4.78, 5) is 13.5. The standard InChI is InChI=1S/C36H38F6N6O6/c1-3-50-32-18-22(4-7-31(32)49-2)21-46-14-10-23(11-15-46)48(34-44-28-20-26(54-36(40,41)42)6-9-30(28)52-34)24-12-16-47(17-13-24)45-33-43-27-19-25(53-35(37,38)39)5-8-29(27)51-33/h4-9,18-20,23-24H,3,10-17,21H2,1-2H3,(H,43,45). The van der Waals surface area contributed by atoms with E-state index >= 15 is 0 Å². The van der Waals surface area contributed by atoms with E-state index in [1.165, 1.54) is 24.3 Å². The van der Waals surface area contributed by atoms with E-state index in [9.17, 15) is 26.3 Å². The van der Waals surface area contributed by atoms with Crippen LogP contribution in [0.5, 0.6) is 23.0 Å². The van der Waals surface area contributed by atoms with E-state index in [0.717, 1.165) is 50.2 Å². The Labute approximate surface area is 305 Å². The number of anilines is 2. The maximum Gasteiger partial charge on any atom is 0.573 e. The van der Waals surface area contributed by atoms with Gasteiger partial charge in [0.2, 0.25) is 0 Å². The monoisotopic (exact) mass is 764 g/mol. The Balaban J connectivity index is 1.05. The van der Waals surface area contributed by atoms with Crippen LogP contribution in [0.2, 0.25) is 0 Å². The van der Waals surface area contributed by atoms with Gasteiger partial charge in [0.1, 0.15) is 22.5 Å². The summed E-state index contributed by atoms with van der Waals surface area (Å²) in [6.45, 7) is 5.83. The summed E-state index contributed by atoms with van der Waals surface area (Å²) in [5.41, 5.74) is 5.29. The summed E-state index contributed by atoms with van der Waals surface area (Å²) < 4.78 is 108. The van der Waals surface area contributed by atoms with Gasteiger partial charge >= 0.3 is 18.7 Å². The van der Waals surface area contributed by atoms with Crippen molar-refractivity contribution in [2.75, 3.05) is 50.2 Å². The van der Waals surface area contributed by atoms with Gasteiger partial charge in [-0.05, 0) is 74.6 Å². The molecule has 2 fully saturated rings. The van der Waals surface area contributed by atoms with Gasteiger partial charge in [0.15, 0.2) is 22.7 Å². The molecule has 12 nitrogen and oxygen atoms in total. The van der Waals surface area contributed by atoms with Gasteiger partial charge in [0.25, 0.3) is 6.01 Å². The average molecular weight is 765 g/mol. The van der Waals surface area contributed by atoms with E-state index < -0.39 is 18.5 Å². The fourth-order valence-corrected chi connectivity index (χ4v) is 7.06. The lowest BCUT2D eigenvalue weighted by Crippen LogP contribution is -2.53. The number of methoxy groups -OCH3 is 1. The first kappa shape index (κ1) is 37.2. The fraction of sp³-hybridized carbons (Fsp3) is 0.444. The van der Waals surface area contributed by atoms with Crippen molar-refractivity contribution in [1.29, 1.82) is 0 Å². The van der Waals surface area contributed by atoms with Crippen LogP contribution in [-0.4, -0.2) is 84.6 Å². The number of piperidine rings is 2. The number of likely N-dealkylation sites (tertiary alicyclic amines) is 1. The maximum absolute atomic E-state index is 13.0. The third-order valence-electron chi connectivity index (χ3n) is 9.39. The second-order valence-corrected chi connectivity index (χ2v) is 13.0. The summed E-state index contributed by atoms with van der Waals surface area (Å²) in [7, 11) is 1.61. The molecule has 2 saturated heterocycles. The van der Waals surface area contributed by atoms with E-state index in [0.29, 0.717) is 61.2 Å². The highest BCUT2D eigenvalue weighted by atomic mass is 19.4. The van der Waals surface area contributed by atoms with Crippen molar-refractivity contribution in [3.63, 3.8) is 0 Å². The molecule has 0 atom stereocenters. The minimum atomic E-state index is -4.85. The SMILES string of the molecule is CCOc1cc(CN2CCC(N(c3nc4cc(OC(F)(F)F)ccc4o3)C3CCN(Nc4nc5cc(OC(F)(F)F)ccc5o4)CC3)CC2)ccc1OC. The minimum Gasteiger partial charge on any atom is -0.493 e. The lowest BCUT2D eigenvalue weighted by atomic mass is 9.97. The van der Waals surface area contributed by atoms with Gasteiger partial charge in [-0.2, -0.15) is 9.97 Å². The molecule has 0 amide bonds. The van der Waals surface area contributed by atoms with Crippen molar-refractivity contribution in [2.24, 2.45) is 0 Å². The Hall–Kier alpha value is -5.10. The minimum absolute atomic E-state index is 0.0281. The molecule has 18 heteroatoms. The lowest BCUT2D eigenvalue weighted by molar-refractivity contribution is -0.275. The van der Waals surface area contributed by atoms with E-state index in [-0.39, 0.29) is 34.9 Å². The Morgan fingerprint density at radius 2 is 1.35 bits per heavy atom. The van der Waals surface area contributed by atoms with Gasteiger partial charge in [-0.3, -0.25) is 10.3 Å². The van der Waals surface area contributed by atoms with Crippen LogP contribution in [0.15, 0.2) is 63.4 Å². The summed E-state index contributed by atoms with van der Waals surface area (Å²) in [6.07, 6.45) is -6.79. The fourth-order valence-electron chi connectivity index (χ4n) is 7.06. The van der Waals surface area contributed by atoms with Crippen molar-refractivity contribution in [2.45, 2.75) is 64.0 Å². The molecule has 0 bridgehead atoms. The Morgan fingerprint density at radius 3 is 1.94 bits per heavy atom. The molecule has 2 aliphatic rings. The summed E-state index contributed by atoms with van der Waals surface area (Å²) in [5.74, 6) is 0.582. The number of aromatic nitrogens is 2. The van der Waals surface area contributed by atoms with Crippen molar-refractivity contribution in [3.8, 4) is 23.0 Å². The Bertz CT molecular complexity index is 2040. The molecular formula is C36H38F6N6O6. The number of nitrogens with zero attached hydrogens (tertiary/aromatic N) is 5. The van der Waals surface area contributed by atoms with Gasteiger partial charge in [0.05, 0.1) is 13.7 Å². The summed E-state index contributed by atoms with van der Waals surface area (Å²) in [6, 6.07) is 13.9. The van der Waals surface area contributed by atoms with E-state index in [1.807, 2.05) is 30.1 Å². The maximum atomic E-state index is 13.0. The zero-order valence-electron chi connectivity index (χ0n) is 29.4. The van der Waals surface area contributed by atoms with Gasteiger partial charge < -0.3 is 32.7 Å². The number of ether oxygens (including phenoxy) is 4. The zero-order chi connectivity index (χ0) is 38.0. The number of hydrogen-bond donors (Lipinski definition) is 1. The molecule has 5 aromatic rings. The average Bonchev–Trinajstić information content (AvgIpc) is 3.71. The molecule has 2 aliphatic heterocycles. The number of nitrogens with one attached hydrogen (secondary N) is 1.